The summed E-state index contributed by atoms with van der Waals surface area (Å²) in [6, 6.07) is 3.56. The van der Waals surface area contributed by atoms with Gasteiger partial charge in [0.1, 0.15) is 4.60 Å². The van der Waals surface area contributed by atoms with Gasteiger partial charge < -0.3 is 10.6 Å². The maximum atomic E-state index is 12.4. The number of nitrogens with zero attached hydrogens (tertiary/aromatic N) is 1. The second-order valence-corrected chi connectivity index (χ2v) is 6.55. The predicted octanol–water partition coefficient (Wildman–Crippen LogP) is 2.87. The van der Waals surface area contributed by atoms with Crippen LogP contribution in [0.25, 0.3) is 0 Å². The molecule has 0 aliphatic carbocycles. The lowest BCUT2D eigenvalue weighted by Gasteiger charge is -2.38. The molecule has 1 unspecified atom stereocenters. The van der Waals surface area contributed by atoms with Crippen LogP contribution in [0.1, 0.15) is 32.4 Å². The number of anilines is 1. The van der Waals surface area contributed by atoms with Gasteiger partial charge in [0.15, 0.2) is 0 Å². The molecule has 1 aromatic heterocycles. The van der Waals surface area contributed by atoms with Gasteiger partial charge in [-0.05, 0) is 59.8 Å². The van der Waals surface area contributed by atoms with E-state index in [4.69, 9.17) is 0 Å². The van der Waals surface area contributed by atoms with Crippen LogP contribution in [0.5, 0.6) is 0 Å². The second kappa shape index (κ2) is 5.59. The Bertz CT molecular complexity index is 488. The normalized spacial score (nSPS) is 22.0. The summed E-state index contributed by atoms with van der Waals surface area (Å²) in [6.07, 6.45) is 2.19. The van der Waals surface area contributed by atoms with Crippen molar-refractivity contribution in [2.24, 2.45) is 5.41 Å². The lowest BCUT2D eigenvalue weighted by Crippen LogP contribution is -2.53. The van der Waals surface area contributed by atoms with Gasteiger partial charge in [0.05, 0.1) is 17.4 Å². The molecular formula is C14H20BrN3O. The van der Waals surface area contributed by atoms with Gasteiger partial charge in [-0.15, -0.1) is 0 Å². The lowest BCUT2D eigenvalue weighted by molar-refractivity contribution is -0.121. The summed E-state index contributed by atoms with van der Waals surface area (Å²) < 4.78 is 0.777. The standard InChI is InChI=1S/C14H20BrN3O/c1-9-10(5-6-11(15)17-9)18-13(19)12-14(2,3)7-4-8-16-12/h5-6,12,16H,4,7-8H2,1-3H3,(H,18,19). The maximum absolute atomic E-state index is 12.4. The monoisotopic (exact) mass is 325 g/mol. The van der Waals surface area contributed by atoms with E-state index in [0.717, 1.165) is 35.4 Å². The van der Waals surface area contributed by atoms with Crippen molar-refractivity contribution < 1.29 is 4.79 Å². The quantitative estimate of drug-likeness (QED) is 0.822. The summed E-state index contributed by atoms with van der Waals surface area (Å²) in [5, 5.41) is 6.30. The molecule has 0 spiro atoms. The first-order valence-electron chi connectivity index (χ1n) is 6.57. The highest BCUT2D eigenvalue weighted by Gasteiger charge is 2.37. The van der Waals surface area contributed by atoms with E-state index < -0.39 is 0 Å². The Kier molecular flexibility index (Phi) is 4.26. The van der Waals surface area contributed by atoms with E-state index in [9.17, 15) is 4.79 Å². The van der Waals surface area contributed by atoms with Crippen molar-refractivity contribution in [3.8, 4) is 0 Å². The minimum atomic E-state index is -0.149. The first-order valence-corrected chi connectivity index (χ1v) is 7.37. The summed E-state index contributed by atoms with van der Waals surface area (Å²) in [4.78, 5) is 16.7. The number of halogens is 1. The third-order valence-electron chi connectivity index (χ3n) is 3.70. The summed E-state index contributed by atoms with van der Waals surface area (Å²) in [6.45, 7) is 7.06. The first-order chi connectivity index (χ1) is 8.90. The van der Waals surface area contributed by atoms with Crippen LogP contribution in [0.4, 0.5) is 5.69 Å². The van der Waals surface area contributed by atoms with E-state index in [2.05, 4.69) is 45.4 Å². The molecule has 19 heavy (non-hydrogen) atoms. The van der Waals surface area contributed by atoms with Crippen LogP contribution in [0.2, 0.25) is 0 Å². The zero-order chi connectivity index (χ0) is 14.0. The average Bonchev–Trinajstić information content (AvgIpc) is 2.32. The lowest BCUT2D eigenvalue weighted by atomic mass is 9.77. The minimum absolute atomic E-state index is 0.0149. The fraction of sp³-hybridized carbons (Fsp3) is 0.571. The van der Waals surface area contributed by atoms with Crippen molar-refractivity contribution in [2.45, 2.75) is 39.7 Å². The van der Waals surface area contributed by atoms with Gasteiger partial charge in [0.25, 0.3) is 0 Å². The summed E-state index contributed by atoms with van der Waals surface area (Å²) >= 11 is 3.32. The largest absolute Gasteiger partial charge is 0.323 e. The first kappa shape index (κ1) is 14.5. The van der Waals surface area contributed by atoms with Gasteiger partial charge in [-0.25, -0.2) is 4.98 Å². The van der Waals surface area contributed by atoms with Crippen LogP contribution in [-0.4, -0.2) is 23.5 Å². The van der Waals surface area contributed by atoms with Crippen LogP contribution in [0.15, 0.2) is 16.7 Å². The van der Waals surface area contributed by atoms with Crippen LogP contribution < -0.4 is 10.6 Å². The Balaban J connectivity index is 2.12. The molecule has 1 aliphatic heterocycles. The smallest absolute Gasteiger partial charge is 0.242 e. The number of hydrogen-bond donors (Lipinski definition) is 2. The van der Waals surface area contributed by atoms with Crippen molar-refractivity contribution in [3.63, 3.8) is 0 Å². The molecule has 1 saturated heterocycles. The van der Waals surface area contributed by atoms with Crippen molar-refractivity contribution in [1.82, 2.24) is 10.3 Å². The number of piperidine rings is 1. The minimum Gasteiger partial charge on any atom is -0.323 e. The van der Waals surface area contributed by atoms with Crippen LogP contribution >= 0.6 is 15.9 Å². The van der Waals surface area contributed by atoms with E-state index >= 15 is 0 Å². The fourth-order valence-corrected chi connectivity index (χ4v) is 2.92. The Morgan fingerprint density at radius 3 is 2.89 bits per heavy atom. The molecule has 0 bridgehead atoms. The van der Waals surface area contributed by atoms with Gasteiger partial charge in [0.2, 0.25) is 5.91 Å². The highest BCUT2D eigenvalue weighted by atomic mass is 79.9. The number of nitrogens with one attached hydrogen (secondary N) is 2. The number of aryl methyl sites for hydroxylation is 1. The number of carbonyl (C=O) groups is 1. The van der Waals surface area contributed by atoms with Crippen molar-refractivity contribution in [2.75, 3.05) is 11.9 Å². The van der Waals surface area contributed by atoms with Crippen LogP contribution in [0, 0.1) is 12.3 Å². The van der Waals surface area contributed by atoms with Gasteiger partial charge in [-0.3, -0.25) is 4.79 Å². The predicted molar refractivity (Wildman–Crippen MR) is 80.1 cm³/mol. The van der Waals surface area contributed by atoms with Gasteiger partial charge in [-0.1, -0.05) is 13.8 Å². The zero-order valence-electron chi connectivity index (χ0n) is 11.6. The number of carbonyl (C=O) groups excluding carboxylic acids is 1. The molecule has 0 radical (unpaired) electrons. The van der Waals surface area contributed by atoms with Crippen molar-refractivity contribution in [3.05, 3.63) is 22.4 Å². The molecule has 1 fully saturated rings. The number of pyridine rings is 1. The SMILES string of the molecule is Cc1nc(Br)ccc1NC(=O)C1NCCCC1(C)C. The van der Waals surface area contributed by atoms with Crippen molar-refractivity contribution in [1.29, 1.82) is 0 Å². The number of aromatic nitrogens is 1. The molecule has 0 aromatic carbocycles. The Morgan fingerprint density at radius 2 is 2.26 bits per heavy atom. The molecule has 4 nitrogen and oxygen atoms in total. The molecular weight excluding hydrogens is 306 g/mol. The van der Waals surface area contributed by atoms with Gasteiger partial charge >= 0.3 is 0 Å². The van der Waals surface area contributed by atoms with E-state index in [1.54, 1.807) is 0 Å². The highest BCUT2D eigenvalue weighted by molar-refractivity contribution is 9.10. The number of hydrogen-bond acceptors (Lipinski definition) is 3. The number of rotatable bonds is 2. The maximum Gasteiger partial charge on any atom is 0.242 e. The summed E-state index contributed by atoms with van der Waals surface area (Å²) in [5.41, 5.74) is 1.58. The number of amides is 1. The molecule has 0 saturated carbocycles. The molecule has 1 aliphatic rings. The molecule has 1 amide bonds. The van der Waals surface area contributed by atoms with Crippen molar-refractivity contribution >= 4 is 27.5 Å². The highest BCUT2D eigenvalue weighted by Crippen LogP contribution is 2.31. The molecule has 2 N–H and O–H groups in total. The summed E-state index contributed by atoms with van der Waals surface area (Å²) in [7, 11) is 0. The Morgan fingerprint density at radius 1 is 1.53 bits per heavy atom. The van der Waals surface area contributed by atoms with E-state index in [0.29, 0.717) is 0 Å². The fourth-order valence-electron chi connectivity index (χ4n) is 2.53. The molecule has 2 heterocycles. The van der Waals surface area contributed by atoms with E-state index in [1.807, 2.05) is 19.1 Å². The average molecular weight is 326 g/mol. The Labute approximate surface area is 122 Å². The van der Waals surface area contributed by atoms with Gasteiger partial charge in [0, 0.05) is 0 Å². The molecule has 1 aromatic rings. The van der Waals surface area contributed by atoms with Gasteiger partial charge in [-0.2, -0.15) is 0 Å². The third kappa shape index (κ3) is 3.34. The Hall–Kier alpha value is -0.940. The molecule has 1 atom stereocenters. The third-order valence-corrected chi connectivity index (χ3v) is 4.14. The topological polar surface area (TPSA) is 54.0 Å². The summed E-state index contributed by atoms with van der Waals surface area (Å²) in [5.74, 6) is 0.0249. The molecule has 104 valence electrons. The van der Waals surface area contributed by atoms with Crippen LogP contribution in [-0.2, 0) is 4.79 Å². The van der Waals surface area contributed by atoms with E-state index in [1.165, 1.54) is 0 Å². The van der Waals surface area contributed by atoms with E-state index in [-0.39, 0.29) is 17.4 Å². The molecule has 5 heteroatoms. The van der Waals surface area contributed by atoms with Crippen LogP contribution in [0.3, 0.4) is 0 Å². The second-order valence-electron chi connectivity index (χ2n) is 5.74. The molecule has 2 rings (SSSR count). The zero-order valence-corrected chi connectivity index (χ0v) is 13.2.